The minimum atomic E-state index is -0.417. The monoisotopic (exact) mass is 423 g/mol. The van der Waals surface area contributed by atoms with Crippen molar-refractivity contribution < 1.29 is 13.9 Å². The highest BCUT2D eigenvalue weighted by molar-refractivity contribution is 5.81. The Kier molecular flexibility index (Phi) is 6.87. The molecule has 1 aliphatic rings. The van der Waals surface area contributed by atoms with Gasteiger partial charge in [0.05, 0.1) is 30.6 Å². The molecule has 0 aliphatic carbocycles. The zero-order chi connectivity index (χ0) is 21.6. The lowest BCUT2D eigenvalue weighted by Crippen LogP contribution is -2.38. The zero-order valence-electron chi connectivity index (χ0n) is 18.2. The Bertz CT molecular complexity index is 992. The summed E-state index contributed by atoms with van der Waals surface area (Å²) in [6, 6.07) is 14.3. The molecule has 2 heterocycles. The first-order valence-corrected chi connectivity index (χ1v) is 11.1. The lowest BCUT2D eigenvalue weighted by molar-refractivity contribution is 0.210. The molecule has 164 valence electrons. The van der Waals surface area contributed by atoms with Crippen LogP contribution in [0.2, 0.25) is 0 Å². The molecule has 1 aromatic heterocycles. The molecule has 1 saturated heterocycles. The smallest absolute Gasteiger partial charge is 0.206 e. The lowest BCUT2D eigenvalue weighted by atomic mass is 10.0. The number of aromatic nitrogens is 1. The molecule has 1 fully saturated rings. The van der Waals surface area contributed by atoms with E-state index in [2.05, 4.69) is 27.3 Å². The van der Waals surface area contributed by atoms with Gasteiger partial charge in [-0.2, -0.15) is 4.39 Å². The summed E-state index contributed by atoms with van der Waals surface area (Å²) < 4.78 is 25.4. The molecule has 6 heteroatoms. The molecule has 2 aromatic carbocycles. The number of piperidine rings is 1. The van der Waals surface area contributed by atoms with Crippen molar-refractivity contribution in [1.82, 2.24) is 9.88 Å². The number of halogens is 1. The van der Waals surface area contributed by atoms with Crippen molar-refractivity contribution in [2.75, 3.05) is 31.6 Å². The van der Waals surface area contributed by atoms with E-state index in [1.54, 1.807) is 12.1 Å². The molecule has 0 amide bonds. The number of ether oxygens (including phenoxy) is 2. The number of likely N-dealkylation sites (tertiary alicyclic amines) is 1. The fourth-order valence-corrected chi connectivity index (χ4v) is 4.12. The van der Waals surface area contributed by atoms with Crippen LogP contribution in [0.4, 0.5) is 10.1 Å². The van der Waals surface area contributed by atoms with Crippen molar-refractivity contribution in [3.63, 3.8) is 0 Å². The first-order chi connectivity index (χ1) is 15.2. The van der Waals surface area contributed by atoms with Crippen molar-refractivity contribution in [1.29, 1.82) is 0 Å². The number of hydrogen-bond acceptors (Lipinski definition) is 5. The van der Waals surface area contributed by atoms with Gasteiger partial charge >= 0.3 is 0 Å². The minimum Gasteiger partial charge on any atom is -0.491 e. The Hall–Kier alpha value is -2.86. The highest BCUT2D eigenvalue weighted by Gasteiger charge is 2.21. The summed E-state index contributed by atoms with van der Waals surface area (Å²) in [5, 5.41) is 4.79. The fourth-order valence-electron chi connectivity index (χ4n) is 4.12. The van der Waals surface area contributed by atoms with Gasteiger partial charge in [-0.15, -0.1) is 0 Å². The van der Waals surface area contributed by atoms with E-state index in [1.165, 1.54) is 0 Å². The Morgan fingerprint density at radius 1 is 1.03 bits per heavy atom. The maximum atomic E-state index is 14.5. The highest BCUT2D eigenvalue weighted by atomic mass is 19.1. The molecular formula is C25H30FN3O2. The fraction of sp³-hybridized carbons (Fsp3) is 0.400. The first-order valence-electron chi connectivity index (χ1n) is 11.1. The molecule has 1 N–H and O–H groups in total. The van der Waals surface area contributed by atoms with Crippen molar-refractivity contribution in [3.05, 3.63) is 60.0 Å². The summed E-state index contributed by atoms with van der Waals surface area (Å²) >= 11 is 0. The van der Waals surface area contributed by atoms with E-state index in [0.717, 1.165) is 54.6 Å². The zero-order valence-corrected chi connectivity index (χ0v) is 18.2. The van der Waals surface area contributed by atoms with Crippen LogP contribution in [-0.4, -0.2) is 42.2 Å². The van der Waals surface area contributed by atoms with Crippen LogP contribution in [0, 0.1) is 5.82 Å². The van der Waals surface area contributed by atoms with Gasteiger partial charge in [-0.1, -0.05) is 18.2 Å². The van der Waals surface area contributed by atoms with Gasteiger partial charge in [0.2, 0.25) is 5.82 Å². The lowest BCUT2D eigenvalue weighted by Gasteiger charge is -2.33. The van der Waals surface area contributed by atoms with Gasteiger partial charge in [0, 0.05) is 31.1 Å². The third kappa shape index (κ3) is 5.25. The maximum Gasteiger partial charge on any atom is 0.206 e. The van der Waals surface area contributed by atoms with Crippen LogP contribution >= 0.6 is 0 Å². The van der Waals surface area contributed by atoms with Gasteiger partial charge in [0.25, 0.3) is 0 Å². The molecule has 0 radical (unpaired) electrons. The van der Waals surface area contributed by atoms with Gasteiger partial charge in [0.1, 0.15) is 0 Å². The Morgan fingerprint density at radius 2 is 1.71 bits per heavy atom. The van der Waals surface area contributed by atoms with Crippen LogP contribution in [0.3, 0.4) is 0 Å². The Balaban J connectivity index is 1.36. The molecule has 5 nitrogen and oxygen atoms in total. The van der Waals surface area contributed by atoms with Gasteiger partial charge in [-0.3, -0.25) is 9.88 Å². The number of rotatable bonds is 8. The summed E-state index contributed by atoms with van der Waals surface area (Å²) in [6.45, 7) is 7.27. The first kappa shape index (κ1) is 21.4. The average Bonchev–Trinajstić information content (AvgIpc) is 2.78. The number of para-hydroxylation sites is 1. The molecule has 0 atom stereocenters. The second kappa shape index (κ2) is 9.96. The van der Waals surface area contributed by atoms with Crippen LogP contribution in [0.25, 0.3) is 10.9 Å². The SMILES string of the molecule is CCOc1cc(CN2CCC(Nc3cnc4ccccc4c3)CC2)cc(OCC)c1F. The highest BCUT2D eigenvalue weighted by Crippen LogP contribution is 2.30. The van der Waals surface area contributed by atoms with Crippen molar-refractivity contribution >= 4 is 16.6 Å². The third-order valence-corrected chi connectivity index (χ3v) is 5.62. The van der Waals surface area contributed by atoms with E-state index in [4.69, 9.17) is 9.47 Å². The van der Waals surface area contributed by atoms with Crippen molar-refractivity contribution in [2.45, 2.75) is 39.3 Å². The third-order valence-electron chi connectivity index (χ3n) is 5.62. The van der Waals surface area contributed by atoms with Crippen molar-refractivity contribution in [2.24, 2.45) is 0 Å². The van der Waals surface area contributed by atoms with Gasteiger partial charge in [-0.25, -0.2) is 0 Å². The Morgan fingerprint density at radius 3 is 2.39 bits per heavy atom. The Labute approximate surface area is 183 Å². The second-order valence-electron chi connectivity index (χ2n) is 7.88. The van der Waals surface area contributed by atoms with E-state index >= 15 is 0 Å². The van der Waals surface area contributed by atoms with E-state index in [-0.39, 0.29) is 11.5 Å². The summed E-state index contributed by atoms with van der Waals surface area (Å²) in [4.78, 5) is 6.94. The summed E-state index contributed by atoms with van der Waals surface area (Å²) in [7, 11) is 0. The van der Waals surface area contributed by atoms with E-state index in [0.29, 0.717) is 19.3 Å². The number of nitrogens with zero attached hydrogens (tertiary/aromatic N) is 2. The summed E-state index contributed by atoms with van der Waals surface area (Å²) in [5.74, 6) is 0.118. The average molecular weight is 424 g/mol. The largest absolute Gasteiger partial charge is 0.491 e. The van der Waals surface area contributed by atoms with Crippen molar-refractivity contribution in [3.8, 4) is 11.5 Å². The topological polar surface area (TPSA) is 46.6 Å². The molecule has 0 bridgehead atoms. The van der Waals surface area contributed by atoms with Gasteiger partial charge < -0.3 is 14.8 Å². The number of fused-ring (bicyclic) bond motifs is 1. The quantitative estimate of drug-likeness (QED) is 0.536. The van der Waals surface area contributed by atoms with Crippen LogP contribution in [0.15, 0.2) is 48.7 Å². The minimum absolute atomic E-state index is 0.267. The number of anilines is 1. The number of benzene rings is 2. The van der Waals surface area contributed by atoms with Crippen LogP contribution in [0.1, 0.15) is 32.3 Å². The van der Waals surface area contributed by atoms with Crippen LogP contribution in [-0.2, 0) is 6.54 Å². The normalized spacial score (nSPS) is 15.2. The second-order valence-corrected chi connectivity index (χ2v) is 7.88. The molecular weight excluding hydrogens is 393 g/mol. The molecule has 3 aromatic rings. The van der Waals surface area contributed by atoms with E-state index < -0.39 is 5.82 Å². The number of pyridine rings is 1. The standard InChI is InChI=1S/C25H30FN3O2/c1-3-30-23-13-18(14-24(25(23)26)31-4-2)17-29-11-9-20(10-12-29)28-21-15-19-7-5-6-8-22(19)27-16-21/h5-8,13-16,20,28H,3-4,9-12,17H2,1-2H3. The van der Waals surface area contributed by atoms with Gasteiger partial charge in [-0.05, 0) is 56.5 Å². The molecule has 31 heavy (non-hydrogen) atoms. The molecule has 0 unspecified atom stereocenters. The molecule has 0 saturated carbocycles. The molecule has 1 aliphatic heterocycles. The van der Waals surface area contributed by atoms with Gasteiger partial charge in [0.15, 0.2) is 11.5 Å². The molecule has 4 rings (SSSR count). The summed E-state index contributed by atoms with van der Waals surface area (Å²) in [6.07, 6.45) is 4.01. The summed E-state index contributed by atoms with van der Waals surface area (Å²) in [5.41, 5.74) is 3.09. The number of nitrogens with one attached hydrogen (secondary N) is 1. The van der Waals surface area contributed by atoms with Crippen LogP contribution < -0.4 is 14.8 Å². The number of hydrogen-bond donors (Lipinski definition) is 1. The van der Waals surface area contributed by atoms with E-state index in [1.807, 2.05) is 38.2 Å². The maximum absolute atomic E-state index is 14.5. The molecule has 0 spiro atoms. The van der Waals surface area contributed by atoms with Crippen LogP contribution in [0.5, 0.6) is 11.5 Å². The predicted octanol–water partition coefficient (Wildman–Crippen LogP) is 5.25. The predicted molar refractivity (Wildman–Crippen MR) is 122 cm³/mol. The van der Waals surface area contributed by atoms with E-state index in [9.17, 15) is 4.39 Å².